The lowest BCUT2D eigenvalue weighted by Gasteiger charge is -2.14. The molecule has 0 amide bonds. The molecule has 1 aromatic heterocycles. The van der Waals surface area contributed by atoms with Gasteiger partial charge in [-0.05, 0) is 33.4 Å². The van der Waals surface area contributed by atoms with Gasteiger partial charge in [0.05, 0.1) is 11.7 Å². The first-order valence-corrected chi connectivity index (χ1v) is 6.61. The summed E-state index contributed by atoms with van der Waals surface area (Å²) in [6.45, 7) is 6.31. The Morgan fingerprint density at radius 3 is 2.53 bits per heavy atom. The predicted molar refractivity (Wildman–Crippen MR) is 73.7 cm³/mol. The summed E-state index contributed by atoms with van der Waals surface area (Å²) < 4.78 is 0. The fourth-order valence-electron chi connectivity index (χ4n) is 1.90. The molecule has 2 aromatic rings. The molecule has 0 fully saturated rings. The van der Waals surface area contributed by atoms with Crippen molar-refractivity contribution in [3.05, 3.63) is 51.0 Å². The number of hydrogen-bond donors (Lipinski definition) is 1. The first-order chi connectivity index (χ1) is 8.11. The molecule has 2 rings (SSSR count). The van der Waals surface area contributed by atoms with Gasteiger partial charge in [-0.3, -0.25) is 0 Å². The maximum atomic E-state index is 4.64. The van der Waals surface area contributed by atoms with Crippen molar-refractivity contribution in [1.82, 2.24) is 10.3 Å². The molecule has 0 spiro atoms. The minimum Gasteiger partial charge on any atom is -0.307 e. The molecule has 1 aromatic carbocycles. The van der Waals surface area contributed by atoms with E-state index in [9.17, 15) is 0 Å². The highest BCUT2D eigenvalue weighted by Gasteiger charge is 2.16. The van der Waals surface area contributed by atoms with Gasteiger partial charge in [0.2, 0.25) is 0 Å². The molecule has 0 radical (unpaired) electrons. The molecule has 1 unspecified atom stereocenters. The van der Waals surface area contributed by atoms with Crippen molar-refractivity contribution in [3.8, 4) is 0 Å². The summed E-state index contributed by atoms with van der Waals surface area (Å²) in [4.78, 5) is 5.94. The van der Waals surface area contributed by atoms with Gasteiger partial charge in [0.25, 0.3) is 0 Å². The van der Waals surface area contributed by atoms with Gasteiger partial charge in [0, 0.05) is 4.88 Å². The maximum Gasteiger partial charge on any atom is 0.115 e. The van der Waals surface area contributed by atoms with Crippen molar-refractivity contribution in [2.75, 3.05) is 7.05 Å². The van der Waals surface area contributed by atoms with Gasteiger partial charge in [-0.2, -0.15) is 0 Å². The summed E-state index contributed by atoms with van der Waals surface area (Å²) in [7, 11) is 1.99. The van der Waals surface area contributed by atoms with Gasteiger partial charge < -0.3 is 5.32 Å². The van der Waals surface area contributed by atoms with E-state index in [0.29, 0.717) is 0 Å². The van der Waals surface area contributed by atoms with E-state index in [1.54, 1.807) is 11.3 Å². The highest BCUT2D eigenvalue weighted by atomic mass is 32.1. The molecule has 0 aliphatic carbocycles. The highest BCUT2D eigenvalue weighted by molar-refractivity contribution is 7.11. The predicted octanol–water partition coefficient (Wildman–Crippen LogP) is 3.38. The van der Waals surface area contributed by atoms with Crippen molar-refractivity contribution in [1.29, 1.82) is 0 Å². The monoisotopic (exact) mass is 246 g/mol. The first-order valence-electron chi connectivity index (χ1n) is 5.79. The second kappa shape index (κ2) is 4.98. The van der Waals surface area contributed by atoms with Crippen LogP contribution in [0, 0.1) is 20.8 Å². The van der Waals surface area contributed by atoms with Gasteiger partial charge >= 0.3 is 0 Å². The Labute approximate surface area is 107 Å². The van der Waals surface area contributed by atoms with Crippen LogP contribution in [0.3, 0.4) is 0 Å². The van der Waals surface area contributed by atoms with Crippen LogP contribution in [0.5, 0.6) is 0 Å². The van der Waals surface area contributed by atoms with E-state index in [0.717, 1.165) is 10.7 Å². The molecule has 0 saturated heterocycles. The summed E-state index contributed by atoms with van der Waals surface area (Å²) in [5, 5.41) is 4.50. The zero-order chi connectivity index (χ0) is 12.4. The third-order valence-electron chi connectivity index (χ3n) is 2.96. The van der Waals surface area contributed by atoms with Crippen LogP contribution in [0.4, 0.5) is 0 Å². The number of aryl methyl sites for hydroxylation is 3. The number of nitrogens with one attached hydrogen (secondary N) is 1. The average molecular weight is 246 g/mol. The molecule has 1 heterocycles. The Hall–Kier alpha value is -1.19. The molecule has 0 aliphatic heterocycles. The molecule has 0 aliphatic rings. The molecule has 1 atom stereocenters. The normalized spacial score (nSPS) is 12.7. The van der Waals surface area contributed by atoms with Crippen molar-refractivity contribution in [3.63, 3.8) is 0 Å². The number of hydrogen-bond acceptors (Lipinski definition) is 3. The molecule has 0 saturated carbocycles. The maximum absolute atomic E-state index is 4.64. The SMILES string of the molecule is CNC(c1cccc(C)c1)c1nc(C)c(C)s1. The smallest absolute Gasteiger partial charge is 0.115 e. The number of thiazole rings is 1. The van der Waals surface area contributed by atoms with Crippen molar-refractivity contribution < 1.29 is 0 Å². The van der Waals surface area contributed by atoms with Crippen LogP contribution in [-0.4, -0.2) is 12.0 Å². The Kier molecular flexibility index (Phi) is 3.60. The van der Waals surface area contributed by atoms with Gasteiger partial charge in [0.1, 0.15) is 5.01 Å². The minimum atomic E-state index is 0.201. The molecule has 2 nitrogen and oxygen atoms in total. The lowest BCUT2D eigenvalue weighted by atomic mass is 10.1. The van der Waals surface area contributed by atoms with Gasteiger partial charge in [0.15, 0.2) is 0 Å². The Morgan fingerprint density at radius 1 is 1.24 bits per heavy atom. The van der Waals surface area contributed by atoms with Crippen LogP contribution in [0.25, 0.3) is 0 Å². The van der Waals surface area contributed by atoms with Crippen molar-refractivity contribution in [2.24, 2.45) is 0 Å². The largest absolute Gasteiger partial charge is 0.307 e. The standard InChI is InChI=1S/C14H18N2S/c1-9-6-5-7-12(8-9)13(15-4)14-16-10(2)11(3)17-14/h5-8,13,15H,1-4H3. The second-order valence-corrected chi connectivity index (χ2v) is 5.56. The second-order valence-electron chi connectivity index (χ2n) is 4.33. The number of rotatable bonds is 3. The zero-order valence-corrected chi connectivity index (χ0v) is 11.6. The van der Waals surface area contributed by atoms with Crippen LogP contribution < -0.4 is 5.32 Å². The Bertz CT molecular complexity index is 497. The van der Waals surface area contributed by atoms with Gasteiger partial charge in [-0.15, -0.1) is 11.3 Å². The first kappa shape index (κ1) is 12.3. The molecule has 17 heavy (non-hydrogen) atoms. The summed E-state index contributed by atoms with van der Waals surface area (Å²) >= 11 is 1.77. The van der Waals surface area contributed by atoms with Gasteiger partial charge in [-0.1, -0.05) is 29.8 Å². The van der Waals surface area contributed by atoms with Crippen molar-refractivity contribution in [2.45, 2.75) is 26.8 Å². The van der Waals surface area contributed by atoms with Crippen LogP contribution in [0.1, 0.15) is 32.7 Å². The lowest BCUT2D eigenvalue weighted by molar-refractivity contribution is 0.684. The molecular weight excluding hydrogens is 228 g/mol. The Balaban J connectivity index is 2.39. The lowest BCUT2D eigenvalue weighted by Crippen LogP contribution is -2.17. The summed E-state index contributed by atoms with van der Waals surface area (Å²) in [6, 6.07) is 8.79. The quantitative estimate of drug-likeness (QED) is 0.898. The van der Waals surface area contributed by atoms with Crippen LogP contribution >= 0.6 is 11.3 Å². The third kappa shape index (κ3) is 2.56. The molecule has 0 bridgehead atoms. The highest BCUT2D eigenvalue weighted by Crippen LogP contribution is 2.27. The molecule has 90 valence electrons. The molecule has 3 heteroatoms. The van der Waals surface area contributed by atoms with E-state index in [2.05, 4.69) is 55.3 Å². The van der Waals surface area contributed by atoms with E-state index in [4.69, 9.17) is 0 Å². The zero-order valence-electron chi connectivity index (χ0n) is 10.7. The Morgan fingerprint density at radius 2 is 2.00 bits per heavy atom. The van der Waals surface area contributed by atoms with E-state index in [-0.39, 0.29) is 6.04 Å². The molecule has 1 N–H and O–H groups in total. The van der Waals surface area contributed by atoms with E-state index in [1.165, 1.54) is 16.0 Å². The van der Waals surface area contributed by atoms with Crippen LogP contribution in [-0.2, 0) is 0 Å². The summed E-state index contributed by atoms with van der Waals surface area (Å²) in [5.41, 5.74) is 3.70. The van der Waals surface area contributed by atoms with Crippen LogP contribution in [0.2, 0.25) is 0 Å². The number of aromatic nitrogens is 1. The number of benzene rings is 1. The number of nitrogens with zero attached hydrogens (tertiary/aromatic N) is 1. The van der Waals surface area contributed by atoms with E-state index < -0.39 is 0 Å². The average Bonchev–Trinajstić information content (AvgIpc) is 2.60. The van der Waals surface area contributed by atoms with Crippen LogP contribution in [0.15, 0.2) is 24.3 Å². The third-order valence-corrected chi connectivity index (χ3v) is 4.09. The summed E-state index contributed by atoms with van der Waals surface area (Å²) in [5.74, 6) is 0. The summed E-state index contributed by atoms with van der Waals surface area (Å²) in [6.07, 6.45) is 0. The fourth-order valence-corrected chi connectivity index (χ4v) is 2.96. The minimum absolute atomic E-state index is 0.201. The van der Waals surface area contributed by atoms with E-state index in [1.807, 2.05) is 7.05 Å². The van der Waals surface area contributed by atoms with Gasteiger partial charge in [-0.25, -0.2) is 4.98 Å². The molecular formula is C14H18N2S. The van der Waals surface area contributed by atoms with Crippen molar-refractivity contribution >= 4 is 11.3 Å². The fraction of sp³-hybridized carbons (Fsp3) is 0.357. The topological polar surface area (TPSA) is 24.9 Å². The van der Waals surface area contributed by atoms with E-state index >= 15 is 0 Å².